The first-order valence-corrected chi connectivity index (χ1v) is 9.71. The molecule has 0 unspecified atom stereocenters. The van der Waals surface area contributed by atoms with E-state index in [0.29, 0.717) is 16.0 Å². The van der Waals surface area contributed by atoms with Crippen LogP contribution in [0.15, 0.2) is 48.8 Å². The fourth-order valence-electron chi connectivity index (χ4n) is 3.31. The fourth-order valence-corrected chi connectivity index (χ4v) is 4.04. The number of aryl methyl sites for hydroxylation is 2. The predicted octanol–water partition coefficient (Wildman–Crippen LogP) is 5.44. The summed E-state index contributed by atoms with van der Waals surface area (Å²) >= 11 is 18.8. The van der Waals surface area contributed by atoms with Crippen molar-refractivity contribution in [2.75, 3.05) is 13.1 Å². The fraction of sp³-hybridized carbons (Fsp3) is 0.250. The van der Waals surface area contributed by atoms with E-state index >= 15 is 0 Å². The molecule has 0 aliphatic carbocycles. The molecule has 1 aromatic heterocycles. The van der Waals surface area contributed by atoms with Gasteiger partial charge in [-0.3, -0.25) is 0 Å². The first-order valence-electron chi connectivity index (χ1n) is 8.58. The first kappa shape index (κ1) is 17.9. The van der Waals surface area contributed by atoms with E-state index in [4.69, 9.17) is 34.8 Å². The quantitative estimate of drug-likeness (QED) is 0.611. The molecule has 0 spiro atoms. The highest BCUT2D eigenvalue weighted by Crippen LogP contribution is 2.36. The van der Waals surface area contributed by atoms with Crippen LogP contribution < -0.4 is 5.32 Å². The average molecular weight is 407 g/mol. The molecule has 134 valence electrons. The van der Waals surface area contributed by atoms with Crippen molar-refractivity contribution in [3.8, 4) is 11.3 Å². The molecule has 1 N–H and O–H groups in total. The van der Waals surface area contributed by atoms with Gasteiger partial charge in [-0.15, -0.1) is 0 Å². The lowest BCUT2D eigenvalue weighted by atomic mass is 9.94. The SMILES string of the molecule is Clc1ccc(-c2ncn(CCc3ccccc3Cl)c2C2CNC2)c(Cl)c1. The van der Waals surface area contributed by atoms with E-state index < -0.39 is 0 Å². The molecule has 1 aliphatic heterocycles. The van der Waals surface area contributed by atoms with Gasteiger partial charge >= 0.3 is 0 Å². The first-order chi connectivity index (χ1) is 12.6. The molecular formula is C20H18Cl3N3. The third-order valence-electron chi connectivity index (χ3n) is 4.81. The summed E-state index contributed by atoms with van der Waals surface area (Å²) in [7, 11) is 0. The maximum atomic E-state index is 6.44. The zero-order chi connectivity index (χ0) is 18.1. The third kappa shape index (κ3) is 3.49. The summed E-state index contributed by atoms with van der Waals surface area (Å²) in [6.45, 7) is 2.74. The number of aromatic nitrogens is 2. The number of halogens is 3. The normalized spacial score (nSPS) is 14.4. The van der Waals surface area contributed by atoms with E-state index in [2.05, 4.69) is 20.9 Å². The van der Waals surface area contributed by atoms with Crippen molar-refractivity contribution in [3.63, 3.8) is 0 Å². The van der Waals surface area contributed by atoms with E-state index in [1.54, 1.807) is 6.07 Å². The van der Waals surface area contributed by atoms with Gasteiger partial charge in [0.25, 0.3) is 0 Å². The van der Waals surface area contributed by atoms with Crippen molar-refractivity contribution in [2.45, 2.75) is 18.9 Å². The third-order valence-corrected chi connectivity index (χ3v) is 5.73. The van der Waals surface area contributed by atoms with Gasteiger partial charge in [-0.25, -0.2) is 4.98 Å². The van der Waals surface area contributed by atoms with Gasteiger partial charge in [0.15, 0.2) is 0 Å². The van der Waals surface area contributed by atoms with Gasteiger partial charge in [0, 0.05) is 41.2 Å². The van der Waals surface area contributed by atoms with Gasteiger partial charge in [-0.1, -0.05) is 53.0 Å². The second-order valence-corrected chi connectivity index (χ2v) is 7.74. The Bertz CT molecular complexity index is 932. The summed E-state index contributed by atoms with van der Waals surface area (Å²) in [6.07, 6.45) is 2.77. The van der Waals surface area contributed by atoms with Crippen LogP contribution in [0.4, 0.5) is 0 Å². The van der Waals surface area contributed by atoms with Crippen LogP contribution in [0.2, 0.25) is 15.1 Å². The van der Waals surface area contributed by atoms with Crippen LogP contribution in [0.3, 0.4) is 0 Å². The van der Waals surface area contributed by atoms with Crippen molar-refractivity contribution in [1.29, 1.82) is 0 Å². The molecule has 1 aliphatic rings. The van der Waals surface area contributed by atoms with Crippen molar-refractivity contribution in [3.05, 3.63) is 75.1 Å². The largest absolute Gasteiger partial charge is 0.333 e. The van der Waals surface area contributed by atoms with Crippen LogP contribution in [0, 0.1) is 0 Å². The van der Waals surface area contributed by atoms with E-state index in [0.717, 1.165) is 47.9 Å². The number of nitrogens with zero attached hydrogens (tertiary/aromatic N) is 2. The number of imidazole rings is 1. The molecule has 0 atom stereocenters. The van der Waals surface area contributed by atoms with Crippen LogP contribution in [0.5, 0.6) is 0 Å². The minimum absolute atomic E-state index is 0.436. The second kappa shape index (κ2) is 7.61. The van der Waals surface area contributed by atoms with E-state index in [-0.39, 0.29) is 0 Å². The molecule has 1 saturated heterocycles. The number of nitrogens with one attached hydrogen (secondary N) is 1. The Balaban J connectivity index is 1.67. The smallest absolute Gasteiger partial charge is 0.0956 e. The topological polar surface area (TPSA) is 29.9 Å². The summed E-state index contributed by atoms with van der Waals surface area (Å²) < 4.78 is 2.23. The van der Waals surface area contributed by atoms with Gasteiger partial charge < -0.3 is 9.88 Å². The molecule has 3 nitrogen and oxygen atoms in total. The Hall–Kier alpha value is -1.52. The Morgan fingerprint density at radius 2 is 1.85 bits per heavy atom. The minimum atomic E-state index is 0.436. The molecule has 0 bridgehead atoms. The van der Waals surface area contributed by atoms with Gasteiger partial charge in [0.1, 0.15) is 0 Å². The van der Waals surface area contributed by atoms with E-state index in [9.17, 15) is 0 Å². The van der Waals surface area contributed by atoms with Crippen LogP contribution in [-0.4, -0.2) is 22.6 Å². The van der Waals surface area contributed by atoms with Crippen LogP contribution in [0.25, 0.3) is 11.3 Å². The molecule has 3 aromatic rings. The molecule has 0 saturated carbocycles. The van der Waals surface area contributed by atoms with E-state index in [1.165, 1.54) is 5.69 Å². The predicted molar refractivity (Wildman–Crippen MR) is 108 cm³/mol. The molecular weight excluding hydrogens is 389 g/mol. The average Bonchev–Trinajstić information content (AvgIpc) is 2.96. The van der Waals surface area contributed by atoms with Gasteiger partial charge in [-0.2, -0.15) is 0 Å². The lowest BCUT2D eigenvalue weighted by Gasteiger charge is -2.29. The Morgan fingerprint density at radius 3 is 2.54 bits per heavy atom. The maximum absolute atomic E-state index is 6.44. The zero-order valence-electron chi connectivity index (χ0n) is 14.1. The highest BCUT2D eigenvalue weighted by Gasteiger charge is 2.27. The highest BCUT2D eigenvalue weighted by atomic mass is 35.5. The number of hydrogen-bond donors (Lipinski definition) is 1. The lowest BCUT2D eigenvalue weighted by molar-refractivity contribution is 0.424. The Kier molecular flexibility index (Phi) is 5.23. The van der Waals surface area contributed by atoms with Gasteiger partial charge in [0.05, 0.1) is 22.7 Å². The minimum Gasteiger partial charge on any atom is -0.333 e. The van der Waals surface area contributed by atoms with Crippen molar-refractivity contribution >= 4 is 34.8 Å². The molecule has 6 heteroatoms. The van der Waals surface area contributed by atoms with Gasteiger partial charge in [-0.05, 0) is 36.2 Å². The zero-order valence-corrected chi connectivity index (χ0v) is 16.3. The Morgan fingerprint density at radius 1 is 1.04 bits per heavy atom. The summed E-state index contributed by atoms with van der Waals surface area (Å²) in [4.78, 5) is 4.69. The molecule has 1 fully saturated rings. The second-order valence-electron chi connectivity index (χ2n) is 6.49. The van der Waals surface area contributed by atoms with Crippen molar-refractivity contribution in [2.24, 2.45) is 0 Å². The highest BCUT2D eigenvalue weighted by molar-refractivity contribution is 6.36. The number of benzene rings is 2. The van der Waals surface area contributed by atoms with Crippen LogP contribution >= 0.6 is 34.8 Å². The molecule has 2 aromatic carbocycles. The summed E-state index contributed by atoms with van der Waals surface area (Å²) in [6, 6.07) is 13.5. The molecule has 4 rings (SSSR count). The Labute approximate surface area is 167 Å². The van der Waals surface area contributed by atoms with Crippen LogP contribution in [0.1, 0.15) is 17.2 Å². The maximum Gasteiger partial charge on any atom is 0.0956 e. The molecule has 2 heterocycles. The number of hydrogen-bond acceptors (Lipinski definition) is 2. The lowest BCUT2D eigenvalue weighted by Crippen LogP contribution is -2.41. The van der Waals surface area contributed by atoms with Crippen molar-refractivity contribution in [1.82, 2.24) is 14.9 Å². The molecule has 0 radical (unpaired) electrons. The van der Waals surface area contributed by atoms with Gasteiger partial charge in [0.2, 0.25) is 0 Å². The standard InChI is InChI=1S/C20H18Cl3N3/c21-15-5-6-16(18(23)9-15)19-20(14-10-24-11-14)26(12-25-19)8-7-13-3-1-2-4-17(13)22/h1-6,9,12,14,24H,7-8,10-11H2. The monoisotopic (exact) mass is 405 g/mol. The summed E-state index contributed by atoms with van der Waals surface area (Å²) in [5.74, 6) is 0.436. The number of rotatable bonds is 5. The van der Waals surface area contributed by atoms with E-state index in [1.807, 2.05) is 36.7 Å². The summed E-state index contributed by atoms with van der Waals surface area (Å²) in [5.41, 5.74) is 4.23. The summed E-state index contributed by atoms with van der Waals surface area (Å²) in [5, 5.41) is 5.41. The van der Waals surface area contributed by atoms with Crippen molar-refractivity contribution < 1.29 is 0 Å². The molecule has 0 amide bonds. The molecule has 26 heavy (non-hydrogen) atoms. The van der Waals surface area contributed by atoms with Crippen LogP contribution in [-0.2, 0) is 13.0 Å².